The Labute approximate surface area is 220 Å². The van der Waals surface area contributed by atoms with E-state index in [1.165, 1.54) is 33.8 Å². The molecule has 2 aromatic heterocycles. The number of pyridine rings is 1. The first-order valence-electron chi connectivity index (χ1n) is 12.8. The zero-order valence-corrected chi connectivity index (χ0v) is 22.5. The average Bonchev–Trinajstić information content (AvgIpc) is 3.39. The van der Waals surface area contributed by atoms with E-state index < -0.39 is 0 Å². The lowest BCUT2D eigenvalue weighted by molar-refractivity contribution is 0.565. The molecule has 2 aromatic carbocycles. The van der Waals surface area contributed by atoms with Crippen LogP contribution in [-0.4, -0.2) is 14.7 Å². The van der Waals surface area contributed by atoms with Gasteiger partial charge in [0.15, 0.2) is 5.11 Å². The van der Waals surface area contributed by atoms with Gasteiger partial charge in [-0.25, -0.2) is 0 Å². The van der Waals surface area contributed by atoms with E-state index in [2.05, 4.69) is 110 Å². The van der Waals surface area contributed by atoms with E-state index in [1.807, 2.05) is 18.3 Å². The number of anilines is 1. The number of nitrogens with zero attached hydrogens (tertiary/aromatic N) is 3. The van der Waals surface area contributed by atoms with Crippen LogP contribution in [0, 0.1) is 13.8 Å². The predicted molar refractivity (Wildman–Crippen MR) is 153 cm³/mol. The van der Waals surface area contributed by atoms with E-state index in [9.17, 15) is 0 Å². The fraction of sp³-hybridized carbons (Fsp3) is 0.290. The minimum atomic E-state index is -0.0557. The van der Waals surface area contributed by atoms with Crippen LogP contribution in [0.25, 0.3) is 5.69 Å². The standard InChI is InChI=1S/C31H34N4S/c1-6-23-10-14-25(15-11-23)34-21(4)19-27(22(34)5)30-29(28-9-7-8-18-32-28)33-31(36)35(30)26-16-12-24(13-17-26)20(2)3/h7-20,29-30H,6H2,1-5H3,(H,33,36). The maximum Gasteiger partial charge on any atom is 0.174 e. The quantitative estimate of drug-likeness (QED) is 0.284. The zero-order chi connectivity index (χ0) is 25.4. The van der Waals surface area contributed by atoms with E-state index in [4.69, 9.17) is 17.2 Å². The van der Waals surface area contributed by atoms with Crippen molar-refractivity contribution in [3.63, 3.8) is 0 Å². The summed E-state index contributed by atoms with van der Waals surface area (Å²) in [6, 6.07) is 26.0. The highest BCUT2D eigenvalue weighted by Gasteiger charge is 2.42. The number of aryl methyl sites for hydroxylation is 2. The van der Waals surface area contributed by atoms with Crippen LogP contribution < -0.4 is 10.2 Å². The second-order valence-corrected chi connectivity index (χ2v) is 10.3. The highest BCUT2D eigenvalue weighted by molar-refractivity contribution is 7.80. The topological polar surface area (TPSA) is 33.1 Å². The summed E-state index contributed by atoms with van der Waals surface area (Å²) >= 11 is 5.95. The van der Waals surface area contributed by atoms with Crippen molar-refractivity contribution < 1.29 is 0 Å². The molecule has 0 spiro atoms. The number of benzene rings is 2. The molecule has 2 unspecified atom stereocenters. The highest BCUT2D eigenvalue weighted by atomic mass is 32.1. The maximum atomic E-state index is 5.95. The van der Waals surface area contributed by atoms with Gasteiger partial charge in [0.1, 0.15) is 0 Å². The van der Waals surface area contributed by atoms with Crippen LogP contribution in [0.15, 0.2) is 79.0 Å². The smallest absolute Gasteiger partial charge is 0.174 e. The Bertz CT molecular complexity index is 1350. The Kier molecular flexibility index (Phi) is 6.67. The van der Waals surface area contributed by atoms with Crippen LogP contribution in [0.3, 0.4) is 0 Å². The van der Waals surface area contributed by atoms with E-state index in [1.54, 1.807) is 0 Å². The van der Waals surface area contributed by atoms with Crippen LogP contribution in [0.1, 0.15) is 72.5 Å². The third kappa shape index (κ3) is 4.33. The maximum absolute atomic E-state index is 5.95. The van der Waals surface area contributed by atoms with Crippen molar-refractivity contribution in [3.8, 4) is 5.69 Å². The normalized spacial score (nSPS) is 17.6. The second-order valence-electron chi connectivity index (χ2n) is 9.92. The highest BCUT2D eigenvalue weighted by Crippen LogP contribution is 2.44. The van der Waals surface area contributed by atoms with Crippen molar-refractivity contribution >= 4 is 23.0 Å². The Balaban J connectivity index is 1.63. The summed E-state index contributed by atoms with van der Waals surface area (Å²) in [5, 5.41) is 4.33. The molecule has 4 aromatic rings. The number of thiocarbonyl (C=S) groups is 1. The van der Waals surface area contributed by atoms with Crippen molar-refractivity contribution in [2.75, 3.05) is 4.90 Å². The van der Waals surface area contributed by atoms with Crippen molar-refractivity contribution in [3.05, 3.63) is 113 Å². The molecule has 1 fully saturated rings. The molecule has 3 heterocycles. The van der Waals surface area contributed by atoms with Gasteiger partial charge in [0.05, 0.1) is 17.8 Å². The summed E-state index contributed by atoms with van der Waals surface area (Å²) in [6.07, 6.45) is 2.90. The largest absolute Gasteiger partial charge is 0.351 e. The van der Waals surface area contributed by atoms with Gasteiger partial charge in [-0.1, -0.05) is 51.1 Å². The molecule has 36 heavy (non-hydrogen) atoms. The third-order valence-electron chi connectivity index (χ3n) is 7.33. The zero-order valence-electron chi connectivity index (χ0n) is 21.7. The fourth-order valence-corrected chi connectivity index (χ4v) is 5.68. The van der Waals surface area contributed by atoms with Crippen LogP contribution in [0.2, 0.25) is 0 Å². The second kappa shape index (κ2) is 9.90. The van der Waals surface area contributed by atoms with Crippen molar-refractivity contribution in [1.29, 1.82) is 0 Å². The summed E-state index contributed by atoms with van der Waals surface area (Å²) in [5.41, 5.74) is 9.62. The van der Waals surface area contributed by atoms with Gasteiger partial charge < -0.3 is 14.8 Å². The van der Waals surface area contributed by atoms with E-state index in [-0.39, 0.29) is 12.1 Å². The summed E-state index contributed by atoms with van der Waals surface area (Å²) in [5.74, 6) is 0.484. The molecule has 0 bridgehead atoms. The lowest BCUT2D eigenvalue weighted by atomic mass is 9.96. The Morgan fingerprint density at radius 1 is 0.944 bits per heavy atom. The van der Waals surface area contributed by atoms with Gasteiger partial charge in [0, 0.05) is 29.0 Å². The summed E-state index contributed by atoms with van der Waals surface area (Å²) < 4.78 is 2.35. The molecule has 184 valence electrons. The number of aromatic nitrogens is 2. The van der Waals surface area contributed by atoms with E-state index in [0.717, 1.165) is 22.9 Å². The van der Waals surface area contributed by atoms with Crippen molar-refractivity contribution in [1.82, 2.24) is 14.9 Å². The molecule has 5 heteroatoms. The molecule has 1 N–H and O–H groups in total. The van der Waals surface area contributed by atoms with Crippen LogP contribution in [-0.2, 0) is 6.42 Å². The first-order chi connectivity index (χ1) is 17.4. The van der Waals surface area contributed by atoms with Crippen LogP contribution in [0.5, 0.6) is 0 Å². The van der Waals surface area contributed by atoms with Gasteiger partial charge in [-0.05, 0) is 97.6 Å². The summed E-state index contributed by atoms with van der Waals surface area (Å²) in [4.78, 5) is 6.99. The fourth-order valence-electron chi connectivity index (χ4n) is 5.33. The van der Waals surface area contributed by atoms with Gasteiger partial charge in [-0.2, -0.15) is 0 Å². The van der Waals surface area contributed by atoms with Gasteiger partial charge in [0.2, 0.25) is 0 Å². The van der Waals surface area contributed by atoms with Gasteiger partial charge >= 0.3 is 0 Å². The summed E-state index contributed by atoms with van der Waals surface area (Å²) in [6.45, 7) is 11.0. The monoisotopic (exact) mass is 494 g/mol. The number of hydrogen-bond acceptors (Lipinski definition) is 2. The molecule has 1 aliphatic rings. The Morgan fingerprint density at radius 3 is 2.25 bits per heavy atom. The molecule has 1 aliphatic heterocycles. The molecule has 4 nitrogen and oxygen atoms in total. The van der Waals surface area contributed by atoms with Gasteiger partial charge in [-0.15, -0.1) is 0 Å². The molecule has 1 saturated heterocycles. The van der Waals surface area contributed by atoms with Gasteiger partial charge in [0.25, 0.3) is 0 Å². The molecule has 5 rings (SSSR count). The number of nitrogens with one attached hydrogen (secondary N) is 1. The Morgan fingerprint density at radius 2 is 1.64 bits per heavy atom. The van der Waals surface area contributed by atoms with Crippen LogP contribution in [0.4, 0.5) is 5.69 Å². The predicted octanol–water partition coefficient (Wildman–Crippen LogP) is 7.35. The average molecular weight is 495 g/mol. The van der Waals surface area contributed by atoms with Crippen molar-refractivity contribution in [2.24, 2.45) is 0 Å². The third-order valence-corrected chi connectivity index (χ3v) is 7.64. The first-order valence-corrected chi connectivity index (χ1v) is 13.2. The van der Waals surface area contributed by atoms with E-state index >= 15 is 0 Å². The molecule has 0 saturated carbocycles. The molecular weight excluding hydrogens is 460 g/mol. The SMILES string of the molecule is CCc1ccc(-n2c(C)cc(C3C(c4ccccn4)NC(=S)N3c3ccc(C(C)C)cc3)c2C)cc1. The molecule has 0 radical (unpaired) electrons. The molecule has 2 atom stereocenters. The minimum absolute atomic E-state index is 0.0211. The summed E-state index contributed by atoms with van der Waals surface area (Å²) in [7, 11) is 0. The Hall–Kier alpha value is -3.44. The molecule has 0 amide bonds. The minimum Gasteiger partial charge on any atom is -0.351 e. The first kappa shape index (κ1) is 24.3. The van der Waals surface area contributed by atoms with Crippen LogP contribution >= 0.6 is 12.2 Å². The lowest BCUT2D eigenvalue weighted by Crippen LogP contribution is -2.29. The molecule has 0 aliphatic carbocycles. The molecular formula is C31H34N4S. The van der Waals surface area contributed by atoms with E-state index in [0.29, 0.717) is 5.92 Å². The van der Waals surface area contributed by atoms with Crippen molar-refractivity contribution in [2.45, 2.75) is 59.0 Å². The number of hydrogen-bond donors (Lipinski definition) is 1. The number of rotatable bonds is 6. The van der Waals surface area contributed by atoms with Gasteiger partial charge in [-0.3, -0.25) is 4.98 Å². The lowest BCUT2D eigenvalue weighted by Gasteiger charge is -2.28.